The first-order valence-electron chi connectivity index (χ1n) is 8.67. The molecule has 0 aromatic carbocycles. The summed E-state index contributed by atoms with van der Waals surface area (Å²) in [6.07, 6.45) is 1.08. The van der Waals surface area contributed by atoms with E-state index in [1.807, 2.05) is 6.92 Å². The van der Waals surface area contributed by atoms with Gasteiger partial charge in [0.15, 0.2) is 12.5 Å². The number of aliphatic hydroxyl groups excluding tert-OH is 2. The third kappa shape index (κ3) is 5.14. The van der Waals surface area contributed by atoms with Crippen molar-refractivity contribution in [2.45, 2.75) is 57.6 Å². The second-order valence-corrected chi connectivity index (χ2v) is 6.24. The van der Waals surface area contributed by atoms with E-state index >= 15 is 0 Å². The molecule has 2 N–H and O–H groups in total. The monoisotopic (exact) mass is 344 g/mol. The molecule has 2 saturated heterocycles. The predicted molar refractivity (Wildman–Crippen MR) is 84.8 cm³/mol. The molecule has 138 valence electrons. The first-order chi connectivity index (χ1) is 11.5. The second-order valence-electron chi connectivity index (χ2n) is 6.24. The van der Waals surface area contributed by atoms with Gasteiger partial charge >= 0.3 is 0 Å². The highest BCUT2D eigenvalue weighted by atomic mass is 16.5. The molecular weight excluding hydrogens is 316 g/mol. The maximum atomic E-state index is 11.6. The van der Waals surface area contributed by atoms with Crippen molar-refractivity contribution in [2.75, 3.05) is 32.9 Å². The molecule has 24 heavy (non-hydrogen) atoms. The van der Waals surface area contributed by atoms with Crippen LogP contribution in [-0.2, 0) is 19.1 Å². The Kier molecular flexibility index (Phi) is 7.41. The fourth-order valence-electron chi connectivity index (χ4n) is 2.96. The third-order valence-electron chi connectivity index (χ3n) is 4.45. The number of carbonyl (C=O) groups excluding carboxylic acids is 2. The van der Waals surface area contributed by atoms with Gasteiger partial charge in [0, 0.05) is 25.9 Å². The number of hydrogen-bond donors (Lipinski definition) is 2. The van der Waals surface area contributed by atoms with Crippen molar-refractivity contribution in [1.29, 1.82) is 0 Å². The van der Waals surface area contributed by atoms with Gasteiger partial charge in [-0.3, -0.25) is 9.59 Å². The van der Waals surface area contributed by atoms with Gasteiger partial charge in [0.25, 0.3) is 0 Å². The summed E-state index contributed by atoms with van der Waals surface area (Å²) < 4.78 is 11.1. The third-order valence-corrected chi connectivity index (χ3v) is 4.45. The van der Waals surface area contributed by atoms with E-state index < -0.39 is 12.5 Å². The summed E-state index contributed by atoms with van der Waals surface area (Å²) in [7, 11) is 0. The number of likely N-dealkylation sites (tertiary alicyclic amines) is 2. The first-order valence-corrected chi connectivity index (χ1v) is 8.67. The van der Waals surface area contributed by atoms with E-state index in [2.05, 4.69) is 0 Å². The lowest BCUT2D eigenvalue weighted by Crippen LogP contribution is -2.41. The van der Waals surface area contributed by atoms with Gasteiger partial charge in [-0.05, 0) is 19.3 Å². The number of rotatable bonds is 10. The normalized spacial score (nSPS) is 22.3. The van der Waals surface area contributed by atoms with Crippen LogP contribution in [0.2, 0.25) is 0 Å². The summed E-state index contributed by atoms with van der Waals surface area (Å²) in [5.74, 6) is -0.0957. The molecule has 8 nitrogen and oxygen atoms in total. The van der Waals surface area contributed by atoms with Gasteiger partial charge < -0.3 is 29.5 Å². The van der Waals surface area contributed by atoms with Gasteiger partial charge in [-0.15, -0.1) is 0 Å². The molecule has 0 aromatic heterocycles. The maximum Gasteiger partial charge on any atom is 0.224 e. The molecule has 2 aliphatic rings. The average molecular weight is 344 g/mol. The number of aliphatic hydroxyl groups is 2. The molecule has 0 radical (unpaired) electrons. The summed E-state index contributed by atoms with van der Waals surface area (Å²) in [6.45, 7) is 3.40. The number of ether oxygens (including phenoxy) is 2. The molecular formula is C16H28N2O6. The van der Waals surface area contributed by atoms with E-state index in [0.29, 0.717) is 32.4 Å². The van der Waals surface area contributed by atoms with E-state index in [4.69, 9.17) is 9.47 Å². The van der Waals surface area contributed by atoms with Gasteiger partial charge in [-0.25, -0.2) is 0 Å². The summed E-state index contributed by atoms with van der Waals surface area (Å²) in [4.78, 5) is 25.9. The Bertz CT molecular complexity index is 433. The van der Waals surface area contributed by atoms with Crippen LogP contribution in [0.25, 0.3) is 0 Å². The lowest BCUT2D eigenvalue weighted by atomic mass is 10.3. The molecule has 3 unspecified atom stereocenters. The van der Waals surface area contributed by atoms with Gasteiger partial charge in [0.2, 0.25) is 11.8 Å². The summed E-state index contributed by atoms with van der Waals surface area (Å²) in [6, 6.07) is 0. The van der Waals surface area contributed by atoms with E-state index in [0.717, 1.165) is 12.8 Å². The van der Waals surface area contributed by atoms with Crippen molar-refractivity contribution in [3.63, 3.8) is 0 Å². The van der Waals surface area contributed by atoms with Crippen molar-refractivity contribution in [1.82, 2.24) is 9.80 Å². The standard InChI is InChI=1S/C16H28N2O6/c1-2-12(24-11-16(22)18-8-4-6-14(18)20)9-23-10-15(21)17-7-3-5-13(17)19/h12,15-16,21-22H,2-11H2,1H3. The number of amides is 2. The lowest BCUT2D eigenvalue weighted by molar-refractivity contribution is -0.148. The summed E-state index contributed by atoms with van der Waals surface area (Å²) in [5.41, 5.74) is 0. The van der Waals surface area contributed by atoms with E-state index in [-0.39, 0.29) is 37.7 Å². The van der Waals surface area contributed by atoms with Gasteiger partial charge in [-0.2, -0.15) is 0 Å². The zero-order valence-corrected chi connectivity index (χ0v) is 14.2. The molecule has 0 aliphatic carbocycles. The molecule has 2 aliphatic heterocycles. The van der Waals surface area contributed by atoms with Crippen molar-refractivity contribution in [3.8, 4) is 0 Å². The van der Waals surface area contributed by atoms with Crippen LogP contribution in [0.15, 0.2) is 0 Å². The number of nitrogens with zero attached hydrogens (tertiary/aromatic N) is 2. The zero-order chi connectivity index (χ0) is 17.5. The van der Waals surface area contributed by atoms with Gasteiger partial charge in [0.1, 0.15) is 0 Å². The molecule has 0 aromatic rings. The SMILES string of the molecule is CCC(COCC(O)N1CCCC1=O)OCC(O)N1CCCC1=O. The summed E-state index contributed by atoms with van der Waals surface area (Å²) >= 11 is 0. The second kappa shape index (κ2) is 9.31. The Morgan fingerprint density at radius 3 is 1.96 bits per heavy atom. The van der Waals surface area contributed by atoms with Crippen molar-refractivity contribution >= 4 is 11.8 Å². The van der Waals surface area contributed by atoms with Crippen LogP contribution in [0.5, 0.6) is 0 Å². The van der Waals surface area contributed by atoms with Crippen LogP contribution in [0.1, 0.15) is 39.0 Å². The fraction of sp³-hybridized carbons (Fsp3) is 0.875. The maximum absolute atomic E-state index is 11.6. The summed E-state index contributed by atoms with van der Waals surface area (Å²) in [5, 5.41) is 20.0. The molecule has 2 amide bonds. The van der Waals surface area contributed by atoms with Gasteiger partial charge in [-0.1, -0.05) is 6.92 Å². The minimum Gasteiger partial charge on any atom is -0.374 e. The molecule has 3 atom stereocenters. The molecule has 0 spiro atoms. The number of carbonyl (C=O) groups is 2. The minimum absolute atomic E-state index is 0.0404. The van der Waals surface area contributed by atoms with Crippen LogP contribution in [0.3, 0.4) is 0 Å². The van der Waals surface area contributed by atoms with E-state index in [1.54, 1.807) is 0 Å². The van der Waals surface area contributed by atoms with Gasteiger partial charge in [0.05, 0.1) is 25.9 Å². The lowest BCUT2D eigenvalue weighted by Gasteiger charge is -2.26. The Morgan fingerprint density at radius 1 is 0.958 bits per heavy atom. The highest BCUT2D eigenvalue weighted by Crippen LogP contribution is 2.14. The fourth-order valence-corrected chi connectivity index (χ4v) is 2.96. The Labute approximate surface area is 142 Å². The highest BCUT2D eigenvalue weighted by Gasteiger charge is 2.28. The van der Waals surface area contributed by atoms with E-state index in [9.17, 15) is 19.8 Å². The van der Waals surface area contributed by atoms with E-state index in [1.165, 1.54) is 9.80 Å². The zero-order valence-electron chi connectivity index (χ0n) is 14.2. The smallest absolute Gasteiger partial charge is 0.224 e. The van der Waals surface area contributed by atoms with Crippen LogP contribution < -0.4 is 0 Å². The Hall–Kier alpha value is -1.22. The first kappa shape index (κ1) is 19.1. The topological polar surface area (TPSA) is 99.5 Å². The van der Waals surface area contributed by atoms with Crippen molar-refractivity contribution in [2.24, 2.45) is 0 Å². The minimum atomic E-state index is -0.929. The van der Waals surface area contributed by atoms with Crippen LogP contribution in [0, 0.1) is 0 Å². The van der Waals surface area contributed by atoms with Crippen LogP contribution in [-0.4, -0.2) is 83.3 Å². The quantitative estimate of drug-likeness (QED) is 0.563. The molecule has 8 heteroatoms. The van der Waals surface area contributed by atoms with Crippen LogP contribution >= 0.6 is 0 Å². The van der Waals surface area contributed by atoms with Crippen molar-refractivity contribution < 1.29 is 29.3 Å². The molecule has 2 fully saturated rings. The van der Waals surface area contributed by atoms with Crippen LogP contribution in [0.4, 0.5) is 0 Å². The molecule has 2 heterocycles. The Balaban J connectivity index is 1.64. The number of hydrogen-bond acceptors (Lipinski definition) is 6. The largest absolute Gasteiger partial charge is 0.374 e. The Morgan fingerprint density at radius 2 is 1.50 bits per heavy atom. The average Bonchev–Trinajstić information content (AvgIpc) is 3.18. The van der Waals surface area contributed by atoms with Crippen molar-refractivity contribution in [3.05, 3.63) is 0 Å². The molecule has 2 rings (SSSR count). The highest BCUT2D eigenvalue weighted by molar-refractivity contribution is 5.78. The molecule has 0 bridgehead atoms. The predicted octanol–water partition coefficient (Wildman–Crippen LogP) is -0.320. The molecule has 0 saturated carbocycles.